The van der Waals surface area contributed by atoms with Crippen molar-refractivity contribution in [1.82, 2.24) is 9.55 Å². The van der Waals surface area contributed by atoms with E-state index in [1.165, 1.54) is 0 Å². The summed E-state index contributed by atoms with van der Waals surface area (Å²) in [5.74, 6) is 0. The fraction of sp³-hybridized carbons (Fsp3) is 0. The van der Waals surface area contributed by atoms with E-state index < -0.39 is 0 Å². The van der Waals surface area contributed by atoms with Crippen molar-refractivity contribution in [2.24, 2.45) is 0 Å². The van der Waals surface area contributed by atoms with Crippen molar-refractivity contribution in [1.29, 1.82) is 5.26 Å². The number of pyridine rings is 2. The summed E-state index contributed by atoms with van der Waals surface area (Å²) >= 11 is 0. The molecule has 29 heavy (non-hydrogen) atoms. The zero-order chi connectivity index (χ0) is 19.5. The Labute approximate surface area is 178 Å². The Morgan fingerprint density at radius 1 is 0.931 bits per heavy atom. The predicted octanol–water partition coefficient (Wildman–Crippen LogP) is 4.02. The third-order valence-corrected chi connectivity index (χ3v) is 4.46. The van der Waals surface area contributed by atoms with Gasteiger partial charge in [-0.1, -0.05) is 30.3 Å². The van der Waals surface area contributed by atoms with Crippen molar-refractivity contribution >= 4 is 5.69 Å². The van der Waals surface area contributed by atoms with Crippen molar-refractivity contribution < 1.29 is 17.1 Å². The largest absolute Gasteiger partial charge is 0.399 e. The van der Waals surface area contributed by atoms with E-state index in [1.54, 1.807) is 59.4 Å². The first kappa shape index (κ1) is 20.1. The number of benzene rings is 2. The molecule has 5 nitrogen and oxygen atoms in total. The minimum absolute atomic E-state index is 0. The van der Waals surface area contributed by atoms with Crippen LogP contribution in [0.3, 0.4) is 0 Å². The minimum atomic E-state index is -0.229. The van der Waals surface area contributed by atoms with Crippen LogP contribution in [-0.2, 0) is 17.1 Å². The average Bonchev–Trinajstić information content (AvgIpc) is 2.74. The van der Waals surface area contributed by atoms with Gasteiger partial charge < -0.3 is 5.73 Å². The normalized spacial score (nSPS) is 10.0. The molecule has 0 bridgehead atoms. The van der Waals surface area contributed by atoms with Crippen LogP contribution < -0.4 is 11.3 Å². The first-order valence-electron chi connectivity index (χ1n) is 8.71. The summed E-state index contributed by atoms with van der Waals surface area (Å²) in [5, 5.41) is 9.49. The van der Waals surface area contributed by atoms with Gasteiger partial charge in [0.05, 0.1) is 23.0 Å². The van der Waals surface area contributed by atoms with E-state index in [9.17, 15) is 10.1 Å². The Hall–Kier alpha value is -3.65. The maximum atomic E-state index is 13.3. The second-order valence-corrected chi connectivity index (χ2v) is 6.28. The van der Waals surface area contributed by atoms with Crippen LogP contribution in [0.2, 0.25) is 0 Å². The maximum Gasteiger partial charge on any atom is 0.263 e. The second kappa shape index (κ2) is 8.57. The van der Waals surface area contributed by atoms with Gasteiger partial charge in [-0.2, -0.15) is 5.26 Å². The van der Waals surface area contributed by atoms with E-state index in [4.69, 9.17) is 5.73 Å². The molecule has 0 saturated carbocycles. The van der Waals surface area contributed by atoms with E-state index >= 15 is 0 Å². The smallest absolute Gasteiger partial charge is 0.263 e. The molecular weight excluding hydrogens is 404 g/mol. The SMILES string of the molecule is N#Cc1ccccc1-c1cc(-c2ccccn2)cn(-c2cccc(N)c2)c1=O.[Fe]. The summed E-state index contributed by atoms with van der Waals surface area (Å²) in [6.45, 7) is 0. The number of hydrogen-bond acceptors (Lipinski definition) is 4. The van der Waals surface area contributed by atoms with Crippen LogP contribution in [-0.4, -0.2) is 9.55 Å². The second-order valence-electron chi connectivity index (χ2n) is 6.28. The van der Waals surface area contributed by atoms with Crippen LogP contribution >= 0.6 is 0 Å². The van der Waals surface area contributed by atoms with Crippen LogP contribution in [0.5, 0.6) is 0 Å². The maximum absolute atomic E-state index is 13.3. The number of anilines is 1. The number of rotatable bonds is 3. The fourth-order valence-electron chi connectivity index (χ4n) is 3.13. The standard InChI is InChI=1S/C23H16N4O.Fe/c24-14-16-6-1-2-9-20(16)21-12-17(22-10-3-4-11-26-22)15-27(23(21)28)19-8-5-7-18(25)13-19;/h1-13,15H,25H2;. The molecule has 2 aromatic heterocycles. The number of nitriles is 1. The topological polar surface area (TPSA) is 84.7 Å². The van der Waals surface area contributed by atoms with Gasteiger partial charge in [0.1, 0.15) is 0 Å². The van der Waals surface area contributed by atoms with E-state index in [0.717, 1.165) is 11.3 Å². The molecule has 0 amide bonds. The summed E-state index contributed by atoms with van der Waals surface area (Å²) in [7, 11) is 0. The molecule has 2 N–H and O–H groups in total. The van der Waals surface area contributed by atoms with Gasteiger partial charge in [-0.05, 0) is 42.5 Å². The van der Waals surface area contributed by atoms with E-state index in [0.29, 0.717) is 28.1 Å². The van der Waals surface area contributed by atoms with Crippen molar-refractivity contribution in [3.05, 3.63) is 101 Å². The molecule has 142 valence electrons. The Bertz CT molecular complexity index is 1260. The zero-order valence-electron chi connectivity index (χ0n) is 15.3. The minimum Gasteiger partial charge on any atom is -0.399 e. The monoisotopic (exact) mass is 420 g/mol. The quantitative estimate of drug-likeness (QED) is 0.401. The summed E-state index contributed by atoms with van der Waals surface area (Å²) in [6, 6.07) is 23.7. The van der Waals surface area contributed by atoms with Gasteiger partial charge in [-0.3, -0.25) is 14.3 Å². The number of nitrogens with two attached hydrogens (primary N) is 1. The molecule has 2 aromatic carbocycles. The first-order chi connectivity index (χ1) is 13.7. The number of nitrogens with zero attached hydrogens (tertiary/aromatic N) is 3. The Kier molecular flexibility index (Phi) is 5.94. The fourth-order valence-corrected chi connectivity index (χ4v) is 3.13. The summed E-state index contributed by atoms with van der Waals surface area (Å²) in [4.78, 5) is 17.7. The predicted molar refractivity (Wildman–Crippen MR) is 110 cm³/mol. The van der Waals surface area contributed by atoms with Gasteiger partial charge in [0.2, 0.25) is 0 Å². The van der Waals surface area contributed by atoms with Gasteiger partial charge in [0, 0.05) is 51.8 Å². The van der Waals surface area contributed by atoms with Crippen LogP contribution in [0.25, 0.3) is 28.1 Å². The van der Waals surface area contributed by atoms with Crippen LogP contribution in [0, 0.1) is 11.3 Å². The van der Waals surface area contributed by atoms with Crippen LogP contribution in [0.1, 0.15) is 5.56 Å². The summed E-state index contributed by atoms with van der Waals surface area (Å²) in [6.07, 6.45) is 3.45. The summed E-state index contributed by atoms with van der Waals surface area (Å²) < 4.78 is 1.55. The van der Waals surface area contributed by atoms with Crippen molar-refractivity contribution in [3.63, 3.8) is 0 Å². The molecule has 0 saturated heterocycles. The number of nitrogen functional groups attached to an aromatic ring is 1. The molecule has 0 aliphatic rings. The van der Waals surface area contributed by atoms with E-state index in [-0.39, 0.29) is 22.6 Å². The Balaban J connectivity index is 0.00000240. The molecule has 0 atom stereocenters. The molecule has 4 aromatic rings. The first-order valence-corrected chi connectivity index (χ1v) is 8.71. The van der Waals surface area contributed by atoms with Gasteiger partial charge in [0.15, 0.2) is 0 Å². The van der Waals surface area contributed by atoms with E-state index in [2.05, 4.69) is 11.1 Å². The Morgan fingerprint density at radius 3 is 2.45 bits per heavy atom. The summed E-state index contributed by atoms with van der Waals surface area (Å²) in [5.41, 5.74) is 9.87. The molecular formula is C23H16FeN4O. The average molecular weight is 420 g/mol. The third kappa shape index (κ3) is 3.97. The molecule has 0 radical (unpaired) electrons. The molecule has 6 heteroatoms. The van der Waals surface area contributed by atoms with Crippen molar-refractivity contribution in [2.45, 2.75) is 0 Å². The zero-order valence-corrected chi connectivity index (χ0v) is 16.4. The third-order valence-electron chi connectivity index (χ3n) is 4.46. The molecule has 4 rings (SSSR count). The number of hydrogen-bond donors (Lipinski definition) is 1. The molecule has 0 spiro atoms. The van der Waals surface area contributed by atoms with Crippen LogP contribution in [0.4, 0.5) is 5.69 Å². The van der Waals surface area contributed by atoms with Gasteiger partial charge in [-0.25, -0.2) is 0 Å². The molecule has 0 fully saturated rings. The molecule has 0 aliphatic carbocycles. The Morgan fingerprint density at radius 2 is 1.72 bits per heavy atom. The van der Waals surface area contributed by atoms with Gasteiger partial charge >= 0.3 is 0 Å². The van der Waals surface area contributed by atoms with Gasteiger partial charge in [0.25, 0.3) is 5.56 Å². The van der Waals surface area contributed by atoms with Crippen molar-refractivity contribution in [3.8, 4) is 34.1 Å². The van der Waals surface area contributed by atoms with Crippen molar-refractivity contribution in [2.75, 3.05) is 5.73 Å². The molecule has 2 heterocycles. The van der Waals surface area contributed by atoms with Crippen LogP contribution in [0.15, 0.2) is 90.0 Å². The van der Waals surface area contributed by atoms with Gasteiger partial charge in [-0.15, -0.1) is 0 Å². The molecule has 0 unspecified atom stereocenters. The van der Waals surface area contributed by atoms with E-state index in [1.807, 2.05) is 30.3 Å². The molecule has 0 aliphatic heterocycles. The number of aromatic nitrogens is 2.